The van der Waals surface area contributed by atoms with Crippen molar-refractivity contribution in [3.8, 4) is 11.3 Å². The highest BCUT2D eigenvalue weighted by Crippen LogP contribution is 2.28. The molecule has 0 atom stereocenters. The fraction of sp³-hybridized carbons (Fsp3) is 0.0714. The quantitative estimate of drug-likeness (QED) is 0.507. The van der Waals surface area contributed by atoms with E-state index in [1.807, 2.05) is 0 Å². The standard InChI is InChI=1S/C14H10N2O4S3/c17-16(18)11-4-1-3-10(7-11)12-8-22-13(15-12)9-23(19,20)14-5-2-6-21-14/h1-8H,9H2. The van der Waals surface area contributed by atoms with Gasteiger partial charge in [-0.2, -0.15) is 0 Å². The number of nitro groups is 1. The van der Waals surface area contributed by atoms with Gasteiger partial charge in [0.1, 0.15) is 15.0 Å². The highest BCUT2D eigenvalue weighted by atomic mass is 32.2. The molecule has 0 unspecified atom stereocenters. The summed E-state index contributed by atoms with van der Waals surface area (Å²) < 4.78 is 24.8. The Morgan fingerprint density at radius 2 is 2.00 bits per heavy atom. The van der Waals surface area contributed by atoms with E-state index in [0.717, 1.165) is 0 Å². The van der Waals surface area contributed by atoms with Crippen molar-refractivity contribution in [3.05, 3.63) is 62.3 Å². The number of thiophene rings is 1. The zero-order valence-corrected chi connectivity index (χ0v) is 14.0. The molecular formula is C14H10N2O4S3. The van der Waals surface area contributed by atoms with Gasteiger partial charge in [0.25, 0.3) is 5.69 Å². The lowest BCUT2D eigenvalue weighted by atomic mass is 10.1. The first-order valence-corrected chi connectivity index (χ1v) is 9.82. The molecule has 3 rings (SSSR count). The van der Waals surface area contributed by atoms with E-state index in [1.165, 1.54) is 34.8 Å². The average molecular weight is 366 g/mol. The van der Waals surface area contributed by atoms with Gasteiger partial charge in [-0.15, -0.1) is 22.7 Å². The molecule has 0 amide bonds. The molecule has 0 aliphatic carbocycles. The fourth-order valence-corrected chi connectivity index (χ4v) is 5.48. The number of rotatable bonds is 5. The number of sulfone groups is 1. The van der Waals surface area contributed by atoms with Gasteiger partial charge in [0.05, 0.1) is 10.6 Å². The Morgan fingerprint density at radius 3 is 2.70 bits per heavy atom. The van der Waals surface area contributed by atoms with Crippen molar-refractivity contribution in [2.24, 2.45) is 0 Å². The zero-order valence-electron chi connectivity index (χ0n) is 11.6. The highest BCUT2D eigenvalue weighted by molar-refractivity contribution is 7.92. The van der Waals surface area contributed by atoms with Crippen molar-refractivity contribution >= 4 is 38.2 Å². The van der Waals surface area contributed by atoms with Crippen LogP contribution in [0.15, 0.2) is 51.4 Å². The Morgan fingerprint density at radius 1 is 1.17 bits per heavy atom. The number of hydrogen-bond acceptors (Lipinski definition) is 7. The summed E-state index contributed by atoms with van der Waals surface area (Å²) in [5, 5.41) is 14.7. The predicted octanol–water partition coefficient (Wildman–Crippen LogP) is 3.75. The van der Waals surface area contributed by atoms with Crippen LogP contribution in [0, 0.1) is 10.1 Å². The number of thiazole rings is 1. The smallest absolute Gasteiger partial charge is 0.258 e. The number of nitro benzene ring substituents is 1. The lowest BCUT2D eigenvalue weighted by Gasteiger charge is -1.99. The number of aromatic nitrogens is 1. The predicted molar refractivity (Wildman–Crippen MR) is 89.4 cm³/mol. The van der Waals surface area contributed by atoms with Crippen LogP contribution in [0.1, 0.15) is 5.01 Å². The second-order valence-corrected chi connectivity index (χ2v) is 8.73. The Kier molecular flexibility index (Phi) is 4.24. The molecule has 9 heteroatoms. The van der Waals surface area contributed by atoms with E-state index in [2.05, 4.69) is 4.98 Å². The third-order valence-corrected chi connectivity index (χ3v) is 7.17. The highest BCUT2D eigenvalue weighted by Gasteiger charge is 2.19. The summed E-state index contributed by atoms with van der Waals surface area (Å²) in [5.74, 6) is -0.174. The minimum absolute atomic E-state index is 0.0248. The average Bonchev–Trinajstić information content (AvgIpc) is 3.18. The molecule has 2 aromatic heterocycles. The van der Waals surface area contributed by atoms with Gasteiger partial charge in [-0.05, 0) is 11.4 Å². The third kappa shape index (κ3) is 3.46. The molecule has 0 aliphatic rings. The Bertz CT molecular complexity index is 946. The van der Waals surface area contributed by atoms with Crippen molar-refractivity contribution < 1.29 is 13.3 Å². The minimum Gasteiger partial charge on any atom is -0.258 e. The largest absolute Gasteiger partial charge is 0.270 e. The molecule has 6 nitrogen and oxygen atoms in total. The summed E-state index contributed by atoms with van der Waals surface area (Å²) in [4.78, 5) is 14.6. The van der Waals surface area contributed by atoms with Crippen LogP contribution in [-0.2, 0) is 15.6 Å². The third-order valence-electron chi connectivity index (χ3n) is 3.02. The minimum atomic E-state index is -3.40. The molecule has 0 aliphatic heterocycles. The summed E-state index contributed by atoms with van der Waals surface area (Å²) in [6.07, 6.45) is 0. The first-order valence-electron chi connectivity index (χ1n) is 6.41. The maximum Gasteiger partial charge on any atom is 0.270 e. The van der Waals surface area contributed by atoms with E-state index in [-0.39, 0.29) is 11.4 Å². The van der Waals surface area contributed by atoms with E-state index < -0.39 is 14.8 Å². The van der Waals surface area contributed by atoms with Gasteiger partial charge < -0.3 is 0 Å². The Hall–Kier alpha value is -2.10. The van der Waals surface area contributed by atoms with E-state index >= 15 is 0 Å². The maximum absolute atomic E-state index is 12.2. The molecule has 118 valence electrons. The summed E-state index contributed by atoms with van der Waals surface area (Å²) in [7, 11) is -3.40. The maximum atomic E-state index is 12.2. The molecule has 0 fully saturated rings. The van der Waals surface area contributed by atoms with Crippen molar-refractivity contribution in [1.29, 1.82) is 0 Å². The molecule has 23 heavy (non-hydrogen) atoms. The van der Waals surface area contributed by atoms with Crippen molar-refractivity contribution in [2.75, 3.05) is 0 Å². The molecule has 3 aromatic rings. The van der Waals surface area contributed by atoms with Crippen LogP contribution >= 0.6 is 22.7 Å². The Balaban J connectivity index is 1.87. The molecule has 1 aromatic carbocycles. The lowest BCUT2D eigenvalue weighted by molar-refractivity contribution is -0.384. The Labute approximate surface area is 140 Å². The van der Waals surface area contributed by atoms with Crippen molar-refractivity contribution in [2.45, 2.75) is 9.96 Å². The van der Waals surface area contributed by atoms with Crippen LogP contribution in [0.5, 0.6) is 0 Å². The molecule has 0 saturated carbocycles. The van der Waals surface area contributed by atoms with Crippen LogP contribution in [0.4, 0.5) is 5.69 Å². The summed E-state index contributed by atoms with van der Waals surface area (Å²) >= 11 is 2.40. The topological polar surface area (TPSA) is 90.2 Å². The van der Waals surface area contributed by atoms with Gasteiger partial charge in [0.15, 0.2) is 9.84 Å². The van der Waals surface area contributed by atoms with Crippen LogP contribution in [0.2, 0.25) is 0 Å². The molecular weight excluding hydrogens is 356 g/mol. The van der Waals surface area contributed by atoms with Crippen LogP contribution in [0.3, 0.4) is 0 Å². The molecule has 0 bridgehead atoms. The number of nitrogens with zero attached hydrogens (tertiary/aromatic N) is 2. The van der Waals surface area contributed by atoms with Gasteiger partial charge in [0.2, 0.25) is 0 Å². The van der Waals surface area contributed by atoms with Gasteiger partial charge in [0, 0.05) is 23.1 Å². The van der Waals surface area contributed by atoms with Gasteiger partial charge in [-0.3, -0.25) is 10.1 Å². The summed E-state index contributed by atoms with van der Waals surface area (Å²) in [6.45, 7) is 0. The zero-order chi connectivity index (χ0) is 16.4. The second-order valence-electron chi connectivity index (χ2n) is 4.63. The SMILES string of the molecule is O=[N+]([O-])c1cccc(-c2csc(CS(=O)(=O)c3cccs3)n2)c1. The van der Waals surface area contributed by atoms with Crippen molar-refractivity contribution in [3.63, 3.8) is 0 Å². The summed E-state index contributed by atoms with van der Waals surface area (Å²) in [5.41, 5.74) is 1.11. The molecule has 2 heterocycles. The first-order chi connectivity index (χ1) is 11.0. The first kappa shape index (κ1) is 15.8. The van der Waals surface area contributed by atoms with E-state index in [4.69, 9.17) is 0 Å². The van der Waals surface area contributed by atoms with Crippen LogP contribution in [0.25, 0.3) is 11.3 Å². The number of benzene rings is 1. The van der Waals surface area contributed by atoms with Gasteiger partial charge in [-0.25, -0.2) is 13.4 Å². The lowest BCUT2D eigenvalue weighted by Crippen LogP contribution is -2.02. The second kappa shape index (κ2) is 6.19. The number of non-ortho nitro benzene ring substituents is 1. The fourth-order valence-electron chi connectivity index (χ4n) is 1.96. The molecule has 0 N–H and O–H groups in total. The van der Waals surface area contributed by atoms with Gasteiger partial charge >= 0.3 is 0 Å². The molecule has 0 spiro atoms. The number of hydrogen-bond donors (Lipinski definition) is 0. The summed E-state index contributed by atoms with van der Waals surface area (Å²) in [6, 6.07) is 9.36. The monoisotopic (exact) mass is 366 g/mol. The molecule has 0 saturated heterocycles. The van der Waals surface area contributed by atoms with Crippen LogP contribution in [-0.4, -0.2) is 18.3 Å². The van der Waals surface area contributed by atoms with E-state index in [1.54, 1.807) is 35.0 Å². The van der Waals surface area contributed by atoms with Gasteiger partial charge in [-0.1, -0.05) is 18.2 Å². The van der Waals surface area contributed by atoms with Crippen molar-refractivity contribution in [1.82, 2.24) is 4.98 Å². The van der Waals surface area contributed by atoms with E-state index in [0.29, 0.717) is 20.5 Å². The normalized spacial score (nSPS) is 11.5. The van der Waals surface area contributed by atoms with Crippen LogP contribution < -0.4 is 0 Å². The molecule has 0 radical (unpaired) electrons. The van der Waals surface area contributed by atoms with E-state index in [9.17, 15) is 18.5 Å².